The summed E-state index contributed by atoms with van der Waals surface area (Å²) < 4.78 is 7.88. The molecule has 4 aromatic rings. The van der Waals surface area contributed by atoms with Crippen molar-refractivity contribution in [2.75, 3.05) is 5.73 Å². The van der Waals surface area contributed by atoms with Gasteiger partial charge in [-0.05, 0) is 51.8 Å². The van der Waals surface area contributed by atoms with Crippen LogP contribution >= 0.6 is 15.9 Å². The Bertz CT molecular complexity index is 1170. The van der Waals surface area contributed by atoms with Crippen molar-refractivity contribution in [3.8, 4) is 17.1 Å². The van der Waals surface area contributed by atoms with Gasteiger partial charge in [0.15, 0.2) is 11.5 Å². The molecule has 8 heteroatoms. The number of nitrogens with zero attached hydrogens (tertiary/aromatic N) is 4. The Morgan fingerprint density at radius 2 is 2.00 bits per heavy atom. The highest BCUT2D eigenvalue weighted by Crippen LogP contribution is 2.31. The van der Waals surface area contributed by atoms with E-state index < -0.39 is 0 Å². The first-order valence-corrected chi connectivity index (χ1v) is 9.30. The molecular weight excluding hydrogens is 422 g/mol. The number of nitrogens with two attached hydrogens (primary N) is 1. The SMILES string of the molecule is CC(=O)OCc1ccc(-n2c(-c3cccnc3N)nc3ncc(Br)cc32)cc1. The van der Waals surface area contributed by atoms with Gasteiger partial charge in [0, 0.05) is 29.5 Å². The minimum Gasteiger partial charge on any atom is -0.461 e. The molecule has 7 nitrogen and oxygen atoms in total. The van der Waals surface area contributed by atoms with Crippen molar-refractivity contribution in [2.45, 2.75) is 13.5 Å². The van der Waals surface area contributed by atoms with E-state index in [-0.39, 0.29) is 12.6 Å². The molecule has 0 saturated carbocycles. The van der Waals surface area contributed by atoms with Crippen LogP contribution in [0.3, 0.4) is 0 Å². The molecule has 0 radical (unpaired) electrons. The van der Waals surface area contributed by atoms with Crippen LogP contribution in [0.2, 0.25) is 0 Å². The molecule has 3 aromatic heterocycles. The summed E-state index contributed by atoms with van der Waals surface area (Å²) in [4.78, 5) is 24.3. The number of hydrogen-bond donors (Lipinski definition) is 1. The lowest BCUT2D eigenvalue weighted by molar-refractivity contribution is -0.142. The summed E-state index contributed by atoms with van der Waals surface area (Å²) in [5, 5.41) is 0. The zero-order valence-corrected chi connectivity index (χ0v) is 16.5. The van der Waals surface area contributed by atoms with E-state index in [1.54, 1.807) is 12.4 Å². The second-order valence-electron chi connectivity index (χ2n) is 6.15. The number of anilines is 1. The maximum Gasteiger partial charge on any atom is 0.302 e. The van der Waals surface area contributed by atoms with Crippen molar-refractivity contribution < 1.29 is 9.53 Å². The molecule has 2 N–H and O–H groups in total. The van der Waals surface area contributed by atoms with E-state index in [1.165, 1.54) is 6.92 Å². The third kappa shape index (κ3) is 3.46. The number of aromatic nitrogens is 4. The Labute approximate surface area is 169 Å². The molecule has 1 aromatic carbocycles. The Kier molecular flexibility index (Phi) is 4.79. The van der Waals surface area contributed by atoms with Gasteiger partial charge in [-0.2, -0.15) is 0 Å². The van der Waals surface area contributed by atoms with Gasteiger partial charge in [-0.1, -0.05) is 12.1 Å². The number of pyridine rings is 2. The molecule has 0 amide bonds. The average Bonchev–Trinajstić information content (AvgIpc) is 3.05. The molecule has 0 aliphatic rings. The summed E-state index contributed by atoms with van der Waals surface area (Å²) in [6.07, 6.45) is 3.35. The van der Waals surface area contributed by atoms with Gasteiger partial charge < -0.3 is 10.5 Å². The lowest BCUT2D eigenvalue weighted by Gasteiger charge is -2.11. The van der Waals surface area contributed by atoms with E-state index in [9.17, 15) is 4.79 Å². The van der Waals surface area contributed by atoms with E-state index in [0.29, 0.717) is 17.3 Å². The van der Waals surface area contributed by atoms with Gasteiger partial charge >= 0.3 is 5.97 Å². The van der Waals surface area contributed by atoms with Crippen LogP contribution in [0.25, 0.3) is 28.2 Å². The largest absolute Gasteiger partial charge is 0.461 e. The molecule has 28 heavy (non-hydrogen) atoms. The highest BCUT2D eigenvalue weighted by molar-refractivity contribution is 9.10. The fourth-order valence-electron chi connectivity index (χ4n) is 2.91. The normalized spacial score (nSPS) is 10.9. The van der Waals surface area contributed by atoms with Crippen molar-refractivity contribution in [3.63, 3.8) is 0 Å². The molecule has 0 aliphatic carbocycles. The third-order valence-electron chi connectivity index (χ3n) is 4.19. The molecule has 0 fully saturated rings. The molecule has 0 spiro atoms. The first-order valence-electron chi connectivity index (χ1n) is 8.50. The number of rotatable bonds is 4. The number of esters is 1. The molecule has 140 valence electrons. The van der Waals surface area contributed by atoms with Crippen LogP contribution in [-0.2, 0) is 16.1 Å². The van der Waals surface area contributed by atoms with Gasteiger partial charge in [-0.3, -0.25) is 9.36 Å². The van der Waals surface area contributed by atoms with Crippen LogP contribution in [0, 0.1) is 0 Å². The Morgan fingerprint density at radius 3 is 2.71 bits per heavy atom. The number of imidazole rings is 1. The quantitative estimate of drug-likeness (QED) is 0.486. The summed E-state index contributed by atoms with van der Waals surface area (Å²) in [5.74, 6) is 0.735. The molecule has 0 atom stereocenters. The Morgan fingerprint density at radius 1 is 1.21 bits per heavy atom. The molecule has 4 rings (SSSR count). The molecule has 3 heterocycles. The van der Waals surface area contributed by atoms with Crippen molar-refractivity contribution in [1.29, 1.82) is 0 Å². The summed E-state index contributed by atoms with van der Waals surface area (Å²) >= 11 is 3.48. The topological polar surface area (TPSA) is 95.9 Å². The fraction of sp³-hybridized carbons (Fsp3) is 0.100. The number of carbonyl (C=O) groups is 1. The first-order chi connectivity index (χ1) is 13.5. The van der Waals surface area contributed by atoms with Gasteiger partial charge in [-0.15, -0.1) is 0 Å². The Balaban J connectivity index is 1.87. The van der Waals surface area contributed by atoms with Crippen LogP contribution in [0.1, 0.15) is 12.5 Å². The van der Waals surface area contributed by atoms with Crippen LogP contribution in [0.15, 0.2) is 59.3 Å². The zero-order chi connectivity index (χ0) is 19.7. The van der Waals surface area contributed by atoms with E-state index in [4.69, 9.17) is 10.5 Å². The number of hydrogen-bond acceptors (Lipinski definition) is 6. The summed E-state index contributed by atoms with van der Waals surface area (Å²) in [5.41, 5.74) is 10.0. The van der Waals surface area contributed by atoms with Crippen LogP contribution < -0.4 is 5.73 Å². The Hall–Kier alpha value is -3.26. The van der Waals surface area contributed by atoms with Crippen molar-refractivity contribution in [1.82, 2.24) is 19.5 Å². The number of carbonyl (C=O) groups excluding carboxylic acids is 1. The summed E-state index contributed by atoms with van der Waals surface area (Å²) in [7, 11) is 0. The van der Waals surface area contributed by atoms with E-state index >= 15 is 0 Å². The highest BCUT2D eigenvalue weighted by atomic mass is 79.9. The maximum atomic E-state index is 11.0. The number of halogens is 1. The number of fused-ring (bicyclic) bond motifs is 1. The number of benzene rings is 1. The monoisotopic (exact) mass is 437 g/mol. The third-order valence-corrected chi connectivity index (χ3v) is 4.63. The lowest BCUT2D eigenvalue weighted by atomic mass is 10.2. The van der Waals surface area contributed by atoms with Gasteiger partial charge in [0.2, 0.25) is 0 Å². The fourth-order valence-corrected chi connectivity index (χ4v) is 3.23. The minimum absolute atomic E-state index is 0.232. The van der Waals surface area contributed by atoms with Gasteiger partial charge in [0.25, 0.3) is 0 Å². The molecular formula is C20H16BrN5O2. The maximum absolute atomic E-state index is 11.0. The predicted molar refractivity (Wildman–Crippen MR) is 110 cm³/mol. The van der Waals surface area contributed by atoms with Crippen molar-refractivity contribution in [2.24, 2.45) is 0 Å². The van der Waals surface area contributed by atoms with Crippen molar-refractivity contribution in [3.05, 3.63) is 64.9 Å². The summed E-state index contributed by atoms with van der Waals surface area (Å²) in [6.45, 7) is 1.62. The van der Waals surface area contributed by atoms with Gasteiger partial charge in [0.05, 0.1) is 11.1 Å². The summed E-state index contributed by atoms with van der Waals surface area (Å²) in [6, 6.07) is 13.4. The zero-order valence-electron chi connectivity index (χ0n) is 15.0. The lowest BCUT2D eigenvalue weighted by Crippen LogP contribution is -2.02. The highest BCUT2D eigenvalue weighted by Gasteiger charge is 2.17. The van der Waals surface area contributed by atoms with Crippen LogP contribution in [-0.4, -0.2) is 25.5 Å². The standard InChI is InChI=1S/C20H16BrN5O2/c1-12(27)28-11-13-4-6-15(7-5-13)26-17-9-14(21)10-24-19(17)25-20(26)16-3-2-8-23-18(16)22/h2-10H,11H2,1H3,(H2,22,23). The molecule has 0 bridgehead atoms. The van der Waals surface area contributed by atoms with Gasteiger partial charge in [-0.25, -0.2) is 15.0 Å². The van der Waals surface area contributed by atoms with Crippen LogP contribution in [0.5, 0.6) is 0 Å². The second-order valence-corrected chi connectivity index (χ2v) is 7.07. The molecule has 0 saturated heterocycles. The number of ether oxygens (including phenoxy) is 1. The van der Waals surface area contributed by atoms with Crippen LogP contribution in [0.4, 0.5) is 5.82 Å². The van der Waals surface area contributed by atoms with E-state index in [2.05, 4.69) is 30.9 Å². The molecule has 0 aliphatic heterocycles. The van der Waals surface area contributed by atoms with E-state index in [0.717, 1.165) is 26.8 Å². The van der Waals surface area contributed by atoms with Gasteiger partial charge in [0.1, 0.15) is 12.4 Å². The van der Waals surface area contributed by atoms with E-state index in [1.807, 2.05) is 47.0 Å². The number of nitrogen functional groups attached to an aromatic ring is 1. The first kappa shape index (κ1) is 18.1. The average molecular weight is 438 g/mol. The smallest absolute Gasteiger partial charge is 0.302 e. The predicted octanol–water partition coefficient (Wildman–Crippen LogP) is 3.89. The molecule has 0 unspecified atom stereocenters. The second kappa shape index (κ2) is 7.40. The minimum atomic E-state index is -0.310. The van der Waals surface area contributed by atoms with Crippen molar-refractivity contribution >= 4 is 38.9 Å².